The monoisotopic (exact) mass is 255 g/mol. The Labute approximate surface area is 107 Å². The molecule has 0 bridgehead atoms. The minimum absolute atomic E-state index is 0.503. The number of rotatable bonds is 6. The molecule has 0 aliphatic carbocycles. The number of anilines is 1. The summed E-state index contributed by atoms with van der Waals surface area (Å²) in [6.45, 7) is 4.88. The van der Waals surface area contributed by atoms with E-state index in [1.807, 2.05) is 24.8 Å². The summed E-state index contributed by atoms with van der Waals surface area (Å²) in [5.74, 6) is 7.93. The molecule has 0 spiro atoms. The van der Waals surface area contributed by atoms with Crippen LogP contribution in [-0.4, -0.2) is 40.0 Å². The van der Waals surface area contributed by atoms with Crippen molar-refractivity contribution in [2.45, 2.75) is 26.4 Å². The lowest BCUT2D eigenvalue weighted by Gasteiger charge is -2.23. The Balaban J connectivity index is 2.70. The van der Waals surface area contributed by atoms with Gasteiger partial charge in [0.25, 0.3) is 0 Å². The Kier molecular flexibility index (Phi) is 5.67. The average Bonchev–Trinajstić information content (AvgIpc) is 2.28. The van der Waals surface area contributed by atoms with E-state index in [0.29, 0.717) is 11.9 Å². The van der Waals surface area contributed by atoms with Gasteiger partial charge in [0.05, 0.1) is 6.54 Å². The molecule has 5 nitrogen and oxygen atoms in total. The lowest BCUT2D eigenvalue weighted by atomic mass is 10.3. The van der Waals surface area contributed by atoms with Crippen LogP contribution >= 0.6 is 11.8 Å². The second-order valence-corrected chi connectivity index (χ2v) is 5.09. The highest BCUT2D eigenvalue weighted by Gasteiger charge is 2.11. The van der Waals surface area contributed by atoms with Crippen LogP contribution in [0.15, 0.2) is 6.07 Å². The molecule has 1 atom stereocenters. The molecule has 0 aromatic carbocycles. The van der Waals surface area contributed by atoms with Crippen molar-refractivity contribution in [1.29, 1.82) is 0 Å². The van der Waals surface area contributed by atoms with Gasteiger partial charge >= 0.3 is 0 Å². The second-order valence-electron chi connectivity index (χ2n) is 4.17. The number of thioether (sulfide) groups is 1. The molecule has 0 fully saturated rings. The molecule has 1 aromatic heterocycles. The first kappa shape index (κ1) is 14.2. The van der Waals surface area contributed by atoms with Gasteiger partial charge in [-0.15, -0.1) is 0 Å². The van der Waals surface area contributed by atoms with E-state index in [0.717, 1.165) is 23.8 Å². The van der Waals surface area contributed by atoms with Crippen LogP contribution in [0.1, 0.15) is 18.4 Å². The zero-order valence-corrected chi connectivity index (χ0v) is 11.7. The molecule has 0 aliphatic rings. The number of hydrogen-bond acceptors (Lipinski definition) is 6. The highest BCUT2D eigenvalue weighted by molar-refractivity contribution is 7.98. The van der Waals surface area contributed by atoms with Crippen LogP contribution in [-0.2, 0) is 6.54 Å². The summed E-state index contributed by atoms with van der Waals surface area (Å²) >= 11 is 1.84. The Bertz CT molecular complexity index is 358. The lowest BCUT2D eigenvalue weighted by molar-refractivity contribution is 0.263. The molecule has 0 saturated heterocycles. The van der Waals surface area contributed by atoms with Gasteiger partial charge in [0, 0.05) is 23.6 Å². The van der Waals surface area contributed by atoms with Crippen molar-refractivity contribution in [3.63, 3.8) is 0 Å². The number of nitrogens with one attached hydrogen (secondary N) is 1. The zero-order chi connectivity index (χ0) is 12.8. The number of nitrogen functional groups attached to an aromatic ring is 1. The van der Waals surface area contributed by atoms with E-state index in [1.165, 1.54) is 0 Å². The third-order valence-electron chi connectivity index (χ3n) is 2.60. The largest absolute Gasteiger partial charge is 0.308 e. The predicted octanol–water partition coefficient (Wildman–Crippen LogP) is 1.25. The molecular weight excluding hydrogens is 234 g/mol. The van der Waals surface area contributed by atoms with Gasteiger partial charge in [-0.05, 0) is 27.2 Å². The van der Waals surface area contributed by atoms with Crippen molar-refractivity contribution in [2.24, 2.45) is 5.84 Å². The lowest BCUT2D eigenvalue weighted by Crippen LogP contribution is -2.31. The smallest absolute Gasteiger partial charge is 0.145 e. The Morgan fingerprint density at radius 3 is 2.82 bits per heavy atom. The third-order valence-corrected chi connectivity index (χ3v) is 3.42. The van der Waals surface area contributed by atoms with Gasteiger partial charge in [0.2, 0.25) is 0 Å². The van der Waals surface area contributed by atoms with Gasteiger partial charge in [-0.2, -0.15) is 11.8 Å². The Hall–Kier alpha value is -0.850. The zero-order valence-electron chi connectivity index (χ0n) is 10.9. The van der Waals surface area contributed by atoms with Crippen molar-refractivity contribution in [3.05, 3.63) is 17.6 Å². The molecule has 1 heterocycles. The minimum atomic E-state index is 0.503. The molecule has 1 rings (SSSR count). The molecule has 0 amide bonds. The molecule has 0 aliphatic heterocycles. The molecular formula is C11H21N5S. The van der Waals surface area contributed by atoms with E-state index in [-0.39, 0.29) is 0 Å². The summed E-state index contributed by atoms with van der Waals surface area (Å²) in [6.07, 6.45) is 2.12. The van der Waals surface area contributed by atoms with Crippen molar-refractivity contribution < 1.29 is 0 Å². The molecule has 6 heteroatoms. The van der Waals surface area contributed by atoms with E-state index in [4.69, 9.17) is 5.84 Å². The maximum Gasteiger partial charge on any atom is 0.145 e. The quantitative estimate of drug-likeness (QED) is 0.589. The third kappa shape index (κ3) is 4.49. The predicted molar refractivity (Wildman–Crippen MR) is 73.9 cm³/mol. The van der Waals surface area contributed by atoms with E-state index < -0.39 is 0 Å². The van der Waals surface area contributed by atoms with Crippen molar-refractivity contribution >= 4 is 17.6 Å². The first-order valence-electron chi connectivity index (χ1n) is 5.57. The standard InChI is InChI=1S/C11H21N5S/c1-8-5-10(15-12)14-11(13-8)6-16(3)9(2)7-17-4/h5,9H,6-7,12H2,1-4H3,(H,13,14,15). The highest BCUT2D eigenvalue weighted by atomic mass is 32.2. The van der Waals surface area contributed by atoms with E-state index >= 15 is 0 Å². The van der Waals surface area contributed by atoms with Crippen LogP contribution < -0.4 is 11.3 Å². The molecule has 17 heavy (non-hydrogen) atoms. The van der Waals surface area contributed by atoms with Crippen LogP contribution in [0.25, 0.3) is 0 Å². The van der Waals surface area contributed by atoms with Crippen molar-refractivity contribution in [2.75, 3.05) is 24.5 Å². The molecule has 1 unspecified atom stereocenters. The van der Waals surface area contributed by atoms with Crippen LogP contribution in [0.5, 0.6) is 0 Å². The summed E-state index contributed by atoms with van der Waals surface area (Å²) in [4.78, 5) is 11.0. The van der Waals surface area contributed by atoms with E-state index in [9.17, 15) is 0 Å². The maximum atomic E-state index is 5.37. The van der Waals surface area contributed by atoms with Crippen LogP contribution in [0, 0.1) is 6.92 Å². The fourth-order valence-corrected chi connectivity index (χ4v) is 2.26. The van der Waals surface area contributed by atoms with Gasteiger partial charge in [-0.1, -0.05) is 0 Å². The van der Waals surface area contributed by atoms with Gasteiger partial charge < -0.3 is 5.43 Å². The maximum absolute atomic E-state index is 5.37. The Morgan fingerprint density at radius 2 is 2.24 bits per heavy atom. The number of hydrazine groups is 1. The summed E-state index contributed by atoms with van der Waals surface area (Å²) in [5, 5.41) is 0. The van der Waals surface area contributed by atoms with Crippen molar-refractivity contribution in [3.8, 4) is 0 Å². The first-order chi connectivity index (χ1) is 8.06. The summed E-state index contributed by atoms with van der Waals surface area (Å²) in [6, 6.07) is 2.33. The van der Waals surface area contributed by atoms with Gasteiger partial charge in [0.15, 0.2) is 0 Å². The molecule has 96 valence electrons. The van der Waals surface area contributed by atoms with E-state index in [1.54, 1.807) is 0 Å². The Morgan fingerprint density at radius 1 is 1.53 bits per heavy atom. The van der Waals surface area contributed by atoms with E-state index in [2.05, 4.69) is 40.5 Å². The number of nitrogens with two attached hydrogens (primary N) is 1. The SMILES string of the molecule is CSCC(C)N(C)Cc1nc(C)cc(NN)n1. The van der Waals surface area contributed by atoms with Crippen LogP contribution in [0.2, 0.25) is 0 Å². The molecule has 0 saturated carbocycles. The van der Waals surface area contributed by atoms with Crippen molar-refractivity contribution in [1.82, 2.24) is 14.9 Å². The van der Waals surface area contributed by atoms with Gasteiger partial charge in [-0.3, -0.25) is 4.90 Å². The summed E-state index contributed by atoms with van der Waals surface area (Å²) in [7, 11) is 2.09. The highest BCUT2D eigenvalue weighted by Crippen LogP contribution is 2.09. The molecule has 1 aromatic rings. The average molecular weight is 255 g/mol. The minimum Gasteiger partial charge on any atom is -0.308 e. The summed E-state index contributed by atoms with van der Waals surface area (Å²) < 4.78 is 0. The normalized spacial score (nSPS) is 12.8. The molecule has 0 radical (unpaired) electrons. The van der Waals surface area contributed by atoms with Crippen LogP contribution in [0.3, 0.4) is 0 Å². The fraction of sp³-hybridized carbons (Fsp3) is 0.636. The number of aromatic nitrogens is 2. The topological polar surface area (TPSA) is 67.1 Å². The summed E-state index contributed by atoms with van der Waals surface area (Å²) in [5.41, 5.74) is 3.49. The number of nitrogens with zero attached hydrogens (tertiary/aromatic N) is 3. The second kappa shape index (κ2) is 6.78. The van der Waals surface area contributed by atoms with Crippen LogP contribution in [0.4, 0.5) is 5.82 Å². The number of aryl methyl sites for hydroxylation is 1. The first-order valence-corrected chi connectivity index (χ1v) is 6.96. The molecule has 3 N–H and O–H groups in total. The fourth-order valence-electron chi connectivity index (χ4n) is 1.52. The number of hydrogen-bond donors (Lipinski definition) is 2. The van der Waals surface area contributed by atoms with Gasteiger partial charge in [-0.25, -0.2) is 15.8 Å². The van der Waals surface area contributed by atoms with Gasteiger partial charge in [0.1, 0.15) is 11.6 Å².